The molecular weight excluding hydrogens is 314 g/mol. The summed E-state index contributed by atoms with van der Waals surface area (Å²) in [5.74, 6) is 0.502. The number of nitrogens with zero attached hydrogens (tertiary/aromatic N) is 4. The second-order valence-electron chi connectivity index (χ2n) is 6.51. The highest BCUT2D eigenvalue weighted by Crippen LogP contribution is 2.12. The minimum absolute atomic E-state index is 0.272. The van der Waals surface area contributed by atoms with E-state index in [0.717, 1.165) is 10.7 Å². The summed E-state index contributed by atoms with van der Waals surface area (Å²) in [4.78, 5) is 24.5. The highest BCUT2D eigenvalue weighted by Gasteiger charge is 2.26. The summed E-state index contributed by atoms with van der Waals surface area (Å²) in [5, 5.41) is 2.96. The quantitative estimate of drug-likeness (QED) is 0.656. The van der Waals surface area contributed by atoms with Crippen molar-refractivity contribution in [1.29, 1.82) is 0 Å². The molecule has 8 heteroatoms. The number of aryl methyl sites for hydroxylation is 1. The van der Waals surface area contributed by atoms with Crippen LogP contribution < -0.4 is 5.73 Å². The first-order valence-corrected chi connectivity index (χ1v) is 8.56. The van der Waals surface area contributed by atoms with Gasteiger partial charge in [-0.25, -0.2) is 14.8 Å². The van der Waals surface area contributed by atoms with Crippen LogP contribution in [0.5, 0.6) is 0 Å². The maximum Gasteiger partial charge on any atom is 0.410 e. The summed E-state index contributed by atoms with van der Waals surface area (Å²) < 4.78 is 5.38. The number of guanidine groups is 1. The topological polar surface area (TPSA) is 84.0 Å². The average molecular weight is 339 g/mol. The van der Waals surface area contributed by atoms with Gasteiger partial charge in [0, 0.05) is 37.3 Å². The Bertz CT molecular complexity index is 571. The van der Waals surface area contributed by atoms with Crippen molar-refractivity contribution in [3.8, 4) is 0 Å². The Morgan fingerprint density at radius 1 is 1.35 bits per heavy atom. The lowest BCUT2D eigenvalue weighted by Gasteiger charge is -2.36. The summed E-state index contributed by atoms with van der Waals surface area (Å²) in [6, 6.07) is 0. The lowest BCUT2D eigenvalue weighted by atomic mass is 10.2. The van der Waals surface area contributed by atoms with Gasteiger partial charge in [-0.2, -0.15) is 0 Å². The number of hydrogen-bond donors (Lipinski definition) is 1. The fraction of sp³-hybridized carbons (Fsp3) is 0.667. The Morgan fingerprint density at radius 2 is 1.96 bits per heavy atom. The van der Waals surface area contributed by atoms with Crippen LogP contribution in [0.4, 0.5) is 4.79 Å². The van der Waals surface area contributed by atoms with E-state index < -0.39 is 5.60 Å². The molecule has 0 radical (unpaired) electrons. The number of carbonyl (C=O) groups is 1. The van der Waals surface area contributed by atoms with Crippen LogP contribution in [0.2, 0.25) is 0 Å². The molecule has 23 heavy (non-hydrogen) atoms. The molecule has 0 bridgehead atoms. The molecule has 1 aromatic rings. The summed E-state index contributed by atoms with van der Waals surface area (Å²) in [6.45, 7) is 10.5. The molecule has 0 unspecified atom stereocenters. The second kappa shape index (κ2) is 7.16. The highest BCUT2D eigenvalue weighted by atomic mass is 32.1. The number of hydrogen-bond acceptors (Lipinski definition) is 5. The molecule has 0 spiro atoms. The number of aromatic nitrogens is 1. The van der Waals surface area contributed by atoms with Gasteiger partial charge in [0.25, 0.3) is 0 Å². The minimum atomic E-state index is -0.472. The van der Waals surface area contributed by atoms with Crippen LogP contribution in [0, 0.1) is 6.92 Å². The smallest absolute Gasteiger partial charge is 0.410 e. The zero-order valence-electron chi connectivity index (χ0n) is 14.2. The molecule has 0 atom stereocenters. The van der Waals surface area contributed by atoms with E-state index in [4.69, 9.17) is 10.5 Å². The largest absolute Gasteiger partial charge is 0.444 e. The second-order valence-corrected chi connectivity index (χ2v) is 7.45. The zero-order valence-corrected chi connectivity index (χ0v) is 15.0. The number of ether oxygens (including phenoxy) is 1. The van der Waals surface area contributed by atoms with E-state index in [1.54, 1.807) is 16.2 Å². The number of amides is 1. The van der Waals surface area contributed by atoms with Crippen molar-refractivity contribution < 1.29 is 9.53 Å². The van der Waals surface area contributed by atoms with Crippen LogP contribution in [0.15, 0.2) is 10.4 Å². The standard InChI is InChI=1S/C15H25N5O2S/c1-11-10-23-12(18-11)9-17-13(16)19-5-7-20(8-6-19)14(21)22-15(2,3)4/h10H,5-9H2,1-4H3,(H2,16,17). The van der Waals surface area contributed by atoms with Gasteiger partial charge in [0.1, 0.15) is 10.6 Å². The monoisotopic (exact) mass is 339 g/mol. The maximum atomic E-state index is 12.0. The predicted octanol–water partition coefficient (Wildman–Crippen LogP) is 1.82. The molecule has 2 rings (SSSR count). The van der Waals surface area contributed by atoms with Gasteiger partial charge in [0.05, 0.1) is 6.54 Å². The molecule has 0 saturated carbocycles. The Hall–Kier alpha value is -1.83. The minimum Gasteiger partial charge on any atom is -0.444 e. The molecular formula is C15H25N5O2S. The summed E-state index contributed by atoms with van der Waals surface area (Å²) in [5.41, 5.74) is 6.58. The van der Waals surface area contributed by atoms with Gasteiger partial charge in [-0.05, 0) is 27.7 Å². The molecule has 1 fully saturated rings. The van der Waals surface area contributed by atoms with Crippen LogP contribution >= 0.6 is 11.3 Å². The van der Waals surface area contributed by atoms with Gasteiger partial charge in [0.2, 0.25) is 0 Å². The first-order valence-electron chi connectivity index (χ1n) is 7.68. The van der Waals surface area contributed by atoms with E-state index in [2.05, 4.69) is 9.98 Å². The number of thiazole rings is 1. The predicted molar refractivity (Wildman–Crippen MR) is 91.6 cm³/mol. The Morgan fingerprint density at radius 3 is 2.48 bits per heavy atom. The molecule has 1 aliphatic heterocycles. The van der Waals surface area contributed by atoms with Crippen molar-refractivity contribution in [3.05, 3.63) is 16.1 Å². The molecule has 7 nitrogen and oxygen atoms in total. The van der Waals surface area contributed by atoms with Crippen molar-refractivity contribution in [3.63, 3.8) is 0 Å². The summed E-state index contributed by atoms with van der Waals surface area (Å²) in [7, 11) is 0. The van der Waals surface area contributed by atoms with Gasteiger partial charge in [-0.15, -0.1) is 11.3 Å². The van der Waals surface area contributed by atoms with Gasteiger partial charge in [0.15, 0.2) is 5.96 Å². The van der Waals surface area contributed by atoms with Crippen molar-refractivity contribution in [2.45, 2.75) is 39.8 Å². The summed E-state index contributed by atoms with van der Waals surface area (Å²) in [6.07, 6.45) is -0.272. The fourth-order valence-electron chi connectivity index (χ4n) is 2.17. The number of rotatable bonds is 2. The molecule has 1 saturated heterocycles. The van der Waals surface area contributed by atoms with Crippen LogP contribution in [-0.4, -0.2) is 58.6 Å². The van der Waals surface area contributed by atoms with Crippen molar-refractivity contribution in [2.75, 3.05) is 26.2 Å². The van der Waals surface area contributed by atoms with E-state index in [9.17, 15) is 4.79 Å². The number of piperazine rings is 1. The van der Waals surface area contributed by atoms with E-state index in [-0.39, 0.29) is 6.09 Å². The first kappa shape index (κ1) is 17.5. The average Bonchev–Trinajstić information content (AvgIpc) is 2.89. The molecule has 2 heterocycles. The SMILES string of the molecule is Cc1csc(CN=C(N)N2CCN(C(=O)OC(C)(C)C)CC2)n1. The first-order chi connectivity index (χ1) is 10.7. The Kier molecular flexibility index (Phi) is 5.46. The van der Waals surface area contributed by atoms with Crippen molar-refractivity contribution >= 4 is 23.4 Å². The third-order valence-electron chi connectivity index (χ3n) is 3.30. The fourth-order valence-corrected chi connectivity index (χ4v) is 2.86. The van der Waals surface area contributed by atoms with E-state index >= 15 is 0 Å². The van der Waals surface area contributed by atoms with Crippen LogP contribution in [-0.2, 0) is 11.3 Å². The lowest BCUT2D eigenvalue weighted by molar-refractivity contribution is 0.0186. The number of aliphatic imine (C=N–C) groups is 1. The third-order valence-corrected chi connectivity index (χ3v) is 4.25. The normalized spacial score (nSPS) is 16.6. The number of carbonyl (C=O) groups excluding carboxylic acids is 1. The molecule has 128 valence electrons. The lowest BCUT2D eigenvalue weighted by Crippen LogP contribution is -2.53. The van der Waals surface area contributed by atoms with Gasteiger partial charge in [-0.1, -0.05) is 0 Å². The van der Waals surface area contributed by atoms with Crippen LogP contribution in [0.3, 0.4) is 0 Å². The summed E-state index contributed by atoms with van der Waals surface area (Å²) >= 11 is 1.59. The molecule has 1 aliphatic rings. The van der Waals surface area contributed by atoms with Crippen LogP contribution in [0.25, 0.3) is 0 Å². The Balaban J connectivity index is 1.82. The molecule has 1 amide bonds. The van der Waals surface area contributed by atoms with E-state index in [1.165, 1.54) is 0 Å². The van der Waals surface area contributed by atoms with Gasteiger partial charge < -0.3 is 20.3 Å². The van der Waals surface area contributed by atoms with E-state index in [1.807, 2.05) is 38.0 Å². The van der Waals surface area contributed by atoms with E-state index in [0.29, 0.717) is 38.7 Å². The van der Waals surface area contributed by atoms with Crippen molar-refractivity contribution in [1.82, 2.24) is 14.8 Å². The Labute approximate surface area is 141 Å². The van der Waals surface area contributed by atoms with Gasteiger partial charge in [-0.3, -0.25) is 0 Å². The molecule has 2 N–H and O–H groups in total. The highest BCUT2D eigenvalue weighted by molar-refractivity contribution is 7.09. The zero-order chi connectivity index (χ0) is 17.0. The van der Waals surface area contributed by atoms with Crippen LogP contribution in [0.1, 0.15) is 31.5 Å². The van der Waals surface area contributed by atoms with Crippen molar-refractivity contribution in [2.24, 2.45) is 10.7 Å². The third kappa shape index (κ3) is 5.38. The molecule has 0 aromatic carbocycles. The molecule has 0 aliphatic carbocycles. The maximum absolute atomic E-state index is 12.0. The van der Waals surface area contributed by atoms with Gasteiger partial charge >= 0.3 is 6.09 Å². The molecule has 1 aromatic heterocycles. The number of nitrogens with two attached hydrogens (primary N) is 1.